The highest BCUT2D eigenvalue weighted by Crippen LogP contribution is 2.15. The van der Waals surface area contributed by atoms with E-state index in [4.69, 9.17) is 5.26 Å². The second kappa shape index (κ2) is 4.11. The third kappa shape index (κ3) is 1.77. The van der Waals surface area contributed by atoms with Crippen LogP contribution < -0.4 is 0 Å². The molecule has 0 fully saturated rings. The number of rotatable bonds is 2. The molecule has 16 heavy (non-hydrogen) atoms. The van der Waals surface area contributed by atoms with Crippen molar-refractivity contribution in [2.45, 2.75) is 20.4 Å². The SMILES string of the molecule is Cc1ncc(Cn2cncn2)c(C)c1C#N. The molecule has 0 radical (unpaired) electrons. The number of hydrogen-bond acceptors (Lipinski definition) is 4. The predicted molar refractivity (Wildman–Crippen MR) is 57.6 cm³/mol. The molecule has 80 valence electrons. The third-order valence-electron chi connectivity index (χ3n) is 2.54. The molecule has 0 N–H and O–H groups in total. The molecule has 0 aliphatic heterocycles. The lowest BCUT2D eigenvalue weighted by Gasteiger charge is -2.08. The van der Waals surface area contributed by atoms with Crippen molar-refractivity contribution in [3.8, 4) is 6.07 Å². The number of nitrogens with zero attached hydrogens (tertiary/aromatic N) is 5. The molecule has 2 aromatic rings. The molecule has 0 unspecified atom stereocenters. The Balaban J connectivity index is 2.40. The van der Waals surface area contributed by atoms with E-state index in [-0.39, 0.29) is 0 Å². The van der Waals surface area contributed by atoms with Gasteiger partial charge in [0, 0.05) is 6.20 Å². The molecule has 5 heteroatoms. The summed E-state index contributed by atoms with van der Waals surface area (Å²) in [6.45, 7) is 4.36. The van der Waals surface area contributed by atoms with Crippen molar-refractivity contribution in [2.24, 2.45) is 0 Å². The van der Waals surface area contributed by atoms with E-state index in [1.165, 1.54) is 6.33 Å². The summed E-state index contributed by atoms with van der Waals surface area (Å²) < 4.78 is 1.71. The molecule has 0 saturated heterocycles. The van der Waals surface area contributed by atoms with Gasteiger partial charge in [0.2, 0.25) is 0 Å². The quantitative estimate of drug-likeness (QED) is 0.752. The van der Waals surface area contributed by atoms with Crippen LogP contribution in [-0.2, 0) is 6.54 Å². The lowest BCUT2D eigenvalue weighted by atomic mass is 10.0. The summed E-state index contributed by atoms with van der Waals surface area (Å²) in [5, 5.41) is 13.1. The molecule has 0 amide bonds. The van der Waals surface area contributed by atoms with Gasteiger partial charge in [-0.05, 0) is 25.0 Å². The van der Waals surface area contributed by atoms with Crippen molar-refractivity contribution < 1.29 is 0 Å². The average Bonchev–Trinajstić information content (AvgIpc) is 2.76. The number of nitriles is 1. The molecule has 5 nitrogen and oxygen atoms in total. The Morgan fingerprint density at radius 1 is 1.44 bits per heavy atom. The lowest BCUT2D eigenvalue weighted by Crippen LogP contribution is -2.05. The van der Waals surface area contributed by atoms with Crippen molar-refractivity contribution >= 4 is 0 Å². The highest BCUT2D eigenvalue weighted by molar-refractivity contribution is 5.43. The first-order valence-corrected chi connectivity index (χ1v) is 4.90. The summed E-state index contributed by atoms with van der Waals surface area (Å²) in [5.74, 6) is 0. The van der Waals surface area contributed by atoms with Gasteiger partial charge in [-0.25, -0.2) is 9.67 Å². The van der Waals surface area contributed by atoms with E-state index in [9.17, 15) is 0 Å². The van der Waals surface area contributed by atoms with E-state index in [0.29, 0.717) is 12.1 Å². The van der Waals surface area contributed by atoms with E-state index >= 15 is 0 Å². The third-order valence-corrected chi connectivity index (χ3v) is 2.54. The van der Waals surface area contributed by atoms with Gasteiger partial charge < -0.3 is 0 Å². The largest absolute Gasteiger partial charge is 0.260 e. The number of hydrogen-bond donors (Lipinski definition) is 0. The van der Waals surface area contributed by atoms with Crippen LogP contribution in [0.15, 0.2) is 18.9 Å². The molecule has 0 aliphatic rings. The molecule has 0 aromatic carbocycles. The van der Waals surface area contributed by atoms with Crippen molar-refractivity contribution in [2.75, 3.05) is 0 Å². The zero-order chi connectivity index (χ0) is 11.5. The van der Waals surface area contributed by atoms with Crippen LogP contribution in [0.3, 0.4) is 0 Å². The molecule has 0 aliphatic carbocycles. The Morgan fingerprint density at radius 2 is 2.25 bits per heavy atom. The van der Waals surface area contributed by atoms with Gasteiger partial charge in [0.15, 0.2) is 0 Å². The van der Waals surface area contributed by atoms with Gasteiger partial charge in [0.1, 0.15) is 18.7 Å². The van der Waals surface area contributed by atoms with Crippen molar-refractivity contribution in [3.05, 3.63) is 41.2 Å². The molecule has 2 rings (SSSR count). The fourth-order valence-electron chi connectivity index (χ4n) is 1.58. The van der Waals surface area contributed by atoms with Crippen LogP contribution in [0, 0.1) is 25.2 Å². The average molecular weight is 213 g/mol. The van der Waals surface area contributed by atoms with Crippen molar-refractivity contribution in [1.82, 2.24) is 19.7 Å². The minimum absolute atomic E-state index is 0.591. The first-order valence-electron chi connectivity index (χ1n) is 4.90. The lowest BCUT2D eigenvalue weighted by molar-refractivity contribution is 0.679. The van der Waals surface area contributed by atoms with Crippen LogP contribution in [0.25, 0.3) is 0 Å². The minimum atomic E-state index is 0.591. The smallest absolute Gasteiger partial charge is 0.137 e. The number of pyridine rings is 1. The topological polar surface area (TPSA) is 67.4 Å². The van der Waals surface area contributed by atoms with E-state index in [1.54, 1.807) is 17.2 Å². The Kier molecular flexibility index (Phi) is 2.64. The zero-order valence-electron chi connectivity index (χ0n) is 9.18. The number of aryl methyl sites for hydroxylation is 1. The summed E-state index contributed by atoms with van der Waals surface area (Å²) in [6.07, 6.45) is 4.92. The summed E-state index contributed by atoms with van der Waals surface area (Å²) >= 11 is 0. The van der Waals surface area contributed by atoms with Crippen LogP contribution in [0.1, 0.15) is 22.4 Å². The predicted octanol–water partition coefficient (Wildman–Crippen LogP) is 1.21. The van der Waals surface area contributed by atoms with E-state index in [2.05, 4.69) is 21.1 Å². The fraction of sp³-hybridized carbons (Fsp3) is 0.273. The van der Waals surface area contributed by atoms with Crippen molar-refractivity contribution in [1.29, 1.82) is 5.26 Å². The Bertz CT molecular complexity index is 536. The van der Waals surface area contributed by atoms with Gasteiger partial charge in [-0.3, -0.25) is 4.98 Å². The molecular formula is C11H11N5. The van der Waals surface area contributed by atoms with Gasteiger partial charge in [0.05, 0.1) is 17.8 Å². The first-order chi connectivity index (χ1) is 7.72. The normalized spacial score (nSPS) is 10.1. The van der Waals surface area contributed by atoms with Crippen molar-refractivity contribution in [3.63, 3.8) is 0 Å². The summed E-state index contributed by atoms with van der Waals surface area (Å²) in [4.78, 5) is 8.08. The second-order valence-electron chi connectivity index (χ2n) is 3.57. The molecule has 0 atom stereocenters. The molecule has 2 heterocycles. The minimum Gasteiger partial charge on any atom is -0.260 e. The molecular weight excluding hydrogens is 202 g/mol. The van der Waals surface area contributed by atoms with Gasteiger partial charge >= 0.3 is 0 Å². The maximum Gasteiger partial charge on any atom is 0.137 e. The fourth-order valence-corrected chi connectivity index (χ4v) is 1.58. The zero-order valence-corrected chi connectivity index (χ0v) is 9.18. The van der Waals surface area contributed by atoms with Gasteiger partial charge in [-0.2, -0.15) is 10.4 Å². The monoisotopic (exact) mass is 213 g/mol. The second-order valence-corrected chi connectivity index (χ2v) is 3.57. The summed E-state index contributed by atoms with van der Waals surface area (Å²) in [6, 6.07) is 2.18. The van der Waals surface area contributed by atoms with E-state index in [0.717, 1.165) is 16.8 Å². The van der Waals surface area contributed by atoms with Crippen LogP contribution in [0.4, 0.5) is 0 Å². The van der Waals surface area contributed by atoms with Gasteiger partial charge in [-0.15, -0.1) is 0 Å². The summed E-state index contributed by atoms with van der Waals surface area (Å²) in [5.41, 5.74) is 3.37. The first kappa shape index (κ1) is 10.3. The Labute approximate surface area is 93.4 Å². The molecule has 2 aromatic heterocycles. The van der Waals surface area contributed by atoms with Crippen LogP contribution in [0.5, 0.6) is 0 Å². The highest BCUT2D eigenvalue weighted by Gasteiger charge is 2.08. The Hall–Kier alpha value is -2.22. The highest BCUT2D eigenvalue weighted by atomic mass is 15.3. The van der Waals surface area contributed by atoms with E-state index in [1.807, 2.05) is 13.8 Å². The van der Waals surface area contributed by atoms with Crippen LogP contribution >= 0.6 is 0 Å². The van der Waals surface area contributed by atoms with Gasteiger partial charge in [0.25, 0.3) is 0 Å². The van der Waals surface area contributed by atoms with Gasteiger partial charge in [-0.1, -0.05) is 0 Å². The van der Waals surface area contributed by atoms with Crippen LogP contribution in [0.2, 0.25) is 0 Å². The van der Waals surface area contributed by atoms with Crippen LogP contribution in [-0.4, -0.2) is 19.7 Å². The molecule has 0 bridgehead atoms. The maximum atomic E-state index is 9.03. The molecule has 0 spiro atoms. The maximum absolute atomic E-state index is 9.03. The van der Waals surface area contributed by atoms with E-state index < -0.39 is 0 Å². The Morgan fingerprint density at radius 3 is 2.88 bits per heavy atom. The number of aromatic nitrogens is 4. The molecule has 0 saturated carbocycles. The summed E-state index contributed by atoms with van der Waals surface area (Å²) in [7, 11) is 0. The standard InChI is InChI=1S/C11H11N5/c1-8-10(5-16-7-13-6-15-16)4-14-9(2)11(8)3-12/h4,6-7H,5H2,1-2H3.